The van der Waals surface area contributed by atoms with Crippen LogP contribution in [0.25, 0.3) is 12.2 Å². The van der Waals surface area contributed by atoms with Crippen LogP contribution in [0.5, 0.6) is 11.5 Å². The Morgan fingerprint density at radius 3 is 1.92 bits per heavy atom. The molecule has 9 heteroatoms. The SMILES string of the molecule is COc1cc2c(cc1OC)CN(CCc1ccc(NC(=O)c3ccc(C=c4c(=O)n(C)c(=Cc5ccccc5)c(=O)n4C)cc3)cc1)CC2. The van der Waals surface area contributed by atoms with Crippen molar-refractivity contribution in [2.24, 2.45) is 14.1 Å². The molecule has 0 bridgehead atoms. The number of hydrogen-bond acceptors (Lipinski definition) is 6. The molecular weight excluding hydrogens is 616 g/mol. The van der Waals surface area contributed by atoms with Crippen molar-refractivity contribution in [3.05, 3.63) is 156 Å². The second-order valence-corrected chi connectivity index (χ2v) is 12.2. The number of amides is 1. The Labute approximate surface area is 285 Å². The number of methoxy groups -OCH3 is 2. The summed E-state index contributed by atoms with van der Waals surface area (Å²) in [6.45, 7) is 2.79. The van der Waals surface area contributed by atoms with E-state index in [9.17, 15) is 14.4 Å². The number of carbonyl (C=O) groups is 1. The van der Waals surface area contributed by atoms with Crippen molar-refractivity contribution in [3.63, 3.8) is 0 Å². The molecule has 0 spiro atoms. The van der Waals surface area contributed by atoms with E-state index in [0.717, 1.165) is 49.5 Å². The van der Waals surface area contributed by atoms with Gasteiger partial charge in [-0.15, -0.1) is 0 Å². The molecule has 1 aliphatic heterocycles. The number of ether oxygens (including phenoxy) is 2. The van der Waals surface area contributed by atoms with Crippen LogP contribution in [0.15, 0.2) is 101 Å². The topological polar surface area (TPSA) is 94.8 Å². The Bertz CT molecular complexity index is 2220. The van der Waals surface area contributed by atoms with Crippen LogP contribution >= 0.6 is 0 Å². The largest absolute Gasteiger partial charge is 0.493 e. The maximum absolute atomic E-state index is 13.2. The third-order valence-corrected chi connectivity index (χ3v) is 9.08. The highest BCUT2D eigenvalue weighted by atomic mass is 16.5. The van der Waals surface area contributed by atoms with Crippen LogP contribution in [0.4, 0.5) is 5.69 Å². The highest BCUT2D eigenvalue weighted by Crippen LogP contribution is 2.33. The second kappa shape index (κ2) is 14.6. The number of benzene rings is 4. The summed E-state index contributed by atoms with van der Waals surface area (Å²) in [6.07, 6.45) is 5.24. The van der Waals surface area contributed by atoms with E-state index in [4.69, 9.17) is 9.47 Å². The van der Waals surface area contributed by atoms with Crippen molar-refractivity contribution in [2.75, 3.05) is 32.6 Å². The summed E-state index contributed by atoms with van der Waals surface area (Å²) in [7, 11) is 6.52. The average Bonchev–Trinajstić information content (AvgIpc) is 3.14. The van der Waals surface area contributed by atoms with Gasteiger partial charge >= 0.3 is 0 Å². The number of carbonyl (C=O) groups excluding carboxylic acids is 1. The van der Waals surface area contributed by atoms with Crippen LogP contribution in [-0.4, -0.2) is 47.3 Å². The average molecular weight is 657 g/mol. The molecule has 1 N–H and O–H groups in total. The van der Waals surface area contributed by atoms with Gasteiger partial charge < -0.3 is 23.9 Å². The molecular formula is C40H40N4O5. The van der Waals surface area contributed by atoms with Crippen LogP contribution in [0.1, 0.15) is 38.2 Å². The fourth-order valence-electron chi connectivity index (χ4n) is 6.14. The number of rotatable bonds is 9. The van der Waals surface area contributed by atoms with Crippen molar-refractivity contribution in [3.8, 4) is 11.5 Å². The van der Waals surface area contributed by atoms with Crippen LogP contribution in [0.3, 0.4) is 0 Å². The maximum atomic E-state index is 13.2. The lowest BCUT2D eigenvalue weighted by atomic mass is 9.98. The van der Waals surface area contributed by atoms with Gasteiger partial charge in [-0.3, -0.25) is 19.3 Å². The molecule has 0 radical (unpaired) electrons. The molecule has 1 amide bonds. The molecule has 0 saturated heterocycles. The summed E-state index contributed by atoms with van der Waals surface area (Å²) >= 11 is 0. The Morgan fingerprint density at radius 2 is 1.33 bits per heavy atom. The molecule has 0 saturated carbocycles. The molecule has 1 aliphatic rings. The third kappa shape index (κ3) is 7.42. The van der Waals surface area contributed by atoms with Crippen molar-refractivity contribution < 1.29 is 14.3 Å². The quantitative estimate of drug-likeness (QED) is 0.261. The molecule has 4 aromatic carbocycles. The number of fused-ring (bicyclic) bond motifs is 1. The molecule has 6 rings (SSSR count). The van der Waals surface area contributed by atoms with Crippen LogP contribution in [0.2, 0.25) is 0 Å². The van der Waals surface area contributed by atoms with E-state index >= 15 is 0 Å². The molecule has 0 aliphatic carbocycles. The third-order valence-electron chi connectivity index (χ3n) is 9.08. The first-order valence-corrected chi connectivity index (χ1v) is 16.2. The zero-order valence-electron chi connectivity index (χ0n) is 28.2. The summed E-state index contributed by atoms with van der Waals surface area (Å²) in [4.78, 5) is 41.9. The van der Waals surface area contributed by atoms with E-state index in [1.54, 1.807) is 64.7 Å². The van der Waals surface area contributed by atoms with Crippen molar-refractivity contribution in [1.29, 1.82) is 0 Å². The standard InChI is InChI=1S/C40H40N4O5/c1-42-34(22-28-8-6-5-7-9-28)39(46)43(2)35(40(42)47)23-29-10-14-30(15-11-29)38(45)41-33-16-12-27(13-17-33)18-20-44-21-19-31-24-36(48-3)37(49-4)25-32(31)26-44/h5-17,22-25H,18-21,26H2,1-4H3,(H,41,45). The van der Waals surface area contributed by atoms with Gasteiger partial charge in [0.1, 0.15) is 10.7 Å². The first kappa shape index (κ1) is 33.2. The zero-order chi connectivity index (χ0) is 34.5. The van der Waals surface area contributed by atoms with E-state index < -0.39 is 0 Å². The van der Waals surface area contributed by atoms with E-state index in [0.29, 0.717) is 22.2 Å². The lowest BCUT2D eigenvalue weighted by Crippen LogP contribution is -2.56. The number of hydrogen-bond donors (Lipinski definition) is 1. The fourth-order valence-corrected chi connectivity index (χ4v) is 6.14. The highest BCUT2D eigenvalue weighted by Gasteiger charge is 2.19. The van der Waals surface area contributed by atoms with Crippen LogP contribution in [0, 0.1) is 0 Å². The molecule has 2 heterocycles. The van der Waals surface area contributed by atoms with Gasteiger partial charge in [0.2, 0.25) is 0 Å². The van der Waals surface area contributed by atoms with Gasteiger partial charge in [0.05, 0.1) is 14.2 Å². The van der Waals surface area contributed by atoms with E-state index in [1.807, 2.05) is 54.6 Å². The van der Waals surface area contributed by atoms with Gasteiger partial charge in [-0.2, -0.15) is 0 Å². The van der Waals surface area contributed by atoms with Crippen molar-refractivity contribution >= 4 is 23.7 Å². The molecule has 0 unspecified atom stereocenters. The number of nitrogens with one attached hydrogen (secondary N) is 1. The van der Waals surface area contributed by atoms with Gasteiger partial charge in [0.25, 0.3) is 17.0 Å². The molecule has 1 aromatic heterocycles. The first-order chi connectivity index (χ1) is 23.7. The minimum absolute atomic E-state index is 0.234. The van der Waals surface area contributed by atoms with Gasteiger partial charge in [-0.1, -0.05) is 54.6 Å². The molecule has 250 valence electrons. The van der Waals surface area contributed by atoms with Gasteiger partial charge in [-0.25, -0.2) is 0 Å². The van der Waals surface area contributed by atoms with Crippen molar-refractivity contribution in [1.82, 2.24) is 14.0 Å². The minimum atomic E-state index is -0.294. The summed E-state index contributed by atoms with van der Waals surface area (Å²) in [6, 6.07) is 28.5. The predicted molar refractivity (Wildman–Crippen MR) is 193 cm³/mol. The second-order valence-electron chi connectivity index (χ2n) is 12.2. The Morgan fingerprint density at radius 1 is 0.755 bits per heavy atom. The Kier molecular flexibility index (Phi) is 9.92. The summed E-state index contributed by atoms with van der Waals surface area (Å²) in [5.74, 6) is 1.30. The van der Waals surface area contributed by atoms with E-state index in [2.05, 4.69) is 22.3 Å². The summed E-state index contributed by atoms with van der Waals surface area (Å²) < 4.78 is 13.7. The normalized spacial score (nSPS) is 13.6. The molecule has 9 nitrogen and oxygen atoms in total. The number of aromatic nitrogens is 2. The number of anilines is 1. The van der Waals surface area contributed by atoms with Gasteiger partial charge in [0.15, 0.2) is 11.5 Å². The smallest absolute Gasteiger partial charge is 0.274 e. The first-order valence-electron chi connectivity index (χ1n) is 16.2. The van der Waals surface area contributed by atoms with Gasteiger partial charge in [-0.05, 0) is 89.2 Å². The Balaban J connectivity index is 1.08. The Hall–Kier alpha value is -5.67. The molecule has 5 aromatic rings. The maximum Gasteiger partial charge on any atom is 0.274 e. The lowest BCUT2D eigenvalue weighted by molar-refractivity contribution is 0.102. The zero-order valence-corrected chi connectivity index (χ0v) is 28.2. The van der Waals surface area contributed by atoms with Gasteiger partial charge in [0, 0.05) is 45.0 Å². The molecule has 0 fully saturated rings. The molecule has 49 heavy (non-hydrogen) atoms. The minimum Gasteiger partial charge on any atom is -0.493 e. The number of nitrogens with zero attached hydrogens (tertiary/aromatic N) is 3. The predicted octanol–water partition coefficient (Wildman–Crippen LogP) is 3.61. The van der Waals surface area contributed by atoms with Crippen LogP contribution < -0.4 is 36.6 Å². The van der Waals surface area contributed by atoms with E-state index in [1.165, 1.54) is 25.8 Å². The van der Waals surface area contributed by atoms with E-state index in [-0.39, 0.29) is 22.4 Å². The highest BCUT2D eigenvalue weighted by molar-refractivity contribution is 6.04. The van der Waals surface area contributed by atoms with Crippen LogP contribution in [-0.2, 0) is 33.5 Å². The fraction of sp³-hybridized carbons (Fsp3) is 0.225. The molecule has 0 atom stereocenters. The van der Waals surface area contributed by atoms with Crippen molar-refractivity contribution in [2.45, 2.75) is 19.4 Å². The summed E-state index contributed by atoms with van der Waals surface area (Å²) in [5, 5.41) is 3.52. The summed E-state index contributed by atoms with van der Waals surface area (Å²) in [5.41, 5.74) is 5.93. The monoisotopic (exact) mass is 656 g/mol. The lowest BCUT2D eigenvalue weighted by Gasteiger charge is -2.29.